The molecule has 2 heterocycles. The molecule has 17 heavy (non-hydrogen) atoms. The van der Waals surface area contributed by atoms with Crippen molar-refractivity contribution in [2.75, 3.05) is 6.54 Å². The largest absolute Gasteiger partial charge is 0.311 e. The van der Waals surface area contributed by atoms with E-state index in [0.29, 0.717) is 5.54 Å². The maximum absolute atomic E-state index is 3.86. The van der Waals surface area contributed by atoms with Crippen molar-refractivity contribution in [3.05, 3.63) is 22.4 Å². The standard InChI is InChI=1S/C15H25NS/c1-13(2)15(8-4-3-5-10-16-15)9-6-14-7-11-17-12-14/h7,11-13,16H,3-6,8-10H2,1-2H3. The minimum atomic E-state index is 0.387. The summed E-state index contributed by atoms with van der Waals surface area (Å²) in [5, 5.41) is 8.35. The molecule has 0 aliphatic carbocycles. The molecule has 1 aromatic heterocycles. The molecule has 96 valence electrons. The van der Waals surface area contributed by atoms with Gasteiger partial charge in [0.25, 0.3) is 0 Å². The summed E-state index contributed by atoms with van der Waals surface area (Å²) in [4.78, 5) is 0. The number of thiophene rings is 1. The highest BCUT2D eigenvalue weighted by Gasteiger charge is 2.33. The van der Waals surface area contributed by atoms with Crippen LogP contribution in [0.4, 0.5) is 0 Å². The fraction of sp³-hybridized carbons (Fsp3) is 0.733. The van der Waals surface area contributed by atoms with Crippen molar-refractivity contribution in [2.45, 2.75) is 57.9 Å². The van der Waals surface area contributed by atoms with Crippen molar-refractivity contribution in [1.82, 2.24) is 5.32 Å². The smallest absolute Gasteiger partial charge is 0.0207 e. The third-order valence-corrected chi connectivity index (χ3v) is 5.05. The minimum Gasteiger partial charge on any atom is -0.311 e. The average molecular weight is 251 g/mol. The lowest BCUT2D eigenvalue weighted by atomic mass is 9.78. The Morgan fingerprint density at radius 3 is 2.94 bits per heavy atom. The Kier molecular flexibility index (Phi) is 4.63. The van der Waals surface area contributed by atoms with Gasteiger partial charge >= 0.3 is 0 Å². The third-order valence-electron chi connectivity index (χ3n) is 4.32. The zero-order chi connectivity index (χ0) is 12.1. The van der Waals surface area contributed by atoms with E-state index in [1.54, 1.807) is 0 Å². The Balaban J connectivity index is 2.00. The fourth-order valence-corrected chi connectivity index (χ4v) is 3.67. The zero-order valence-corrected chi connectivity index (χ0v) is 12.0. The van der Waals surface area contributed by atoms with Gasteiger partial charge < -0.3 is 5.32 Å². The summed E-state index contributed by atoms with van der Waals surface area (Å²) in [5.74, 6) is 0.735. The summed E-state index contributed by atoms with van der Waals surface area (Å²) in [5.41, 5.74) is 1.90. The van der Waals surface area contributed by atoms with Crippen molar-refractivity contribution >= 4 is 11.3 Å². The second-order valence-electron chi connectivity index (χ2n) is 5.68. The van der Waals surface area contributed by atoms with Crippen LogP contribution in [0.3, 0.4) is 0 Å². The summed E-state index contributed by atoms with van der Waals surface area (Å²) in [7, 11) is 0. The van der Waals surface area contributed by atoms with Crippen LogP contribution in [0.25, 0.3) is 0 Å². The number of nitrogens with one attached hydrogen (secondary N) is 1. The molecular weight excluding hydrogens is 226 g/mol. The van der Waals surface area contributed by atoms with E-state index in [2.05, 4.69) is 36.0 Å². The molecule has 0 saturated carbocycles. The van der Waals surface area contributed by atoms with Gasteiger partial charge in [0.1, 0.15) is 0 Å². The average Bonchev–Trinajstić information content (AvgIpc) is 2.71. The lowest BCUT2D eigenvalue weighted by Crippen LogP contribution is -2.49. The van der Waals surface area contributed by atoms with E-state index in [9.17, 15) is 0 Å². The molecule has 0 spiro atoms. The van der Waals surface area contributed by atoms with Gasteiger partial charge in [0.15, 0.2) is 0 Å². The van der Waals surface area contributed by atoms with Gasteiger partial charge in [-0.1, -0.05) is 26.7 Å². The van der Waals surface area contributed by atoms with Crippen LogP contribution >= 0.6 is 11.3 Å². The quantitative estimate of drug-likeness (QED) is 0.844. The van der Waals surface area contributed by atoms with Gasteiger partial charge in [-0.15, -0.1) is 0 Å². The van der Waals surface area contributed by atoms with Crippen LogP contribution in [0.1, 0.15) is 51.5 Å². The molecule has 0 amide bonds. The van der Waals surface area contributed by atoms with E-state index in [1.807, 2.05) is 11.3 Å². The lowest BCUT2D eigenvalue weighted by molar-refractivity contribution is 0.211. The van der Waals surface area contributed by atoms with Crippen LogP contribution in [0, 0.1) is 5.92 Å². The third kappa shape index (κ3) is 3.32. The highest BCUT2D eigenvalue weighted by Crippen LogP contribution is 2.31. The molecule has 1 aliphatic rings. The summed E-state index contributed by atoms with van der Waals surface area (Å²) >= 11 is 1.82. The molecule has 1 nitrogen and oxygen atoms in total. The maximum Gasteiger partial charge on any atom is 0.0207 e. The molecule has 1 unspecified atom stereocenters. The van der Waals surface area contributed by atoms with Gasteiger partial charge in [-0.05, 0) is 60.5 Å². The molecule has 1 atom stereocenters. The number of hydrogen-bond donors (Lipinski definition) is 1. The van der Waals surface area contributed by atoms with Crippen LogP contribution in [0.2, 0.25) is 0 Å². The summed E-state index contributed by atoms with van der Waals surface area (Å²) < 4.78 is 0. The van der Waals surface area contributed by atoms with Crippen LogP contribution < -0.4 is 5.32 Å². The van der Waals surface area contributed by atoms with Crippen molar-refractivity contribution < 1.29 is 0 Å². The molecular formula is C15H25NS. The van der Waals surface area contributed by atoms with E-state index in [1.165, 1.54) is 50.6 Å². The van der Waals surface area contributed by atoms with Crippen molar-refractivity contribution in [1.29, 1.82) is 0 Å². The first-order valence-corrected chi connectivity index (χ1v) is 7.93. The van der Waals surface area contributed by atoms with Crippen molar-refractivity contribution in [2.24, 2.45) is 5.92 Å². The topological polar surface area (TPSA) is 12.0 Å². The second kappa shape index (κ2) is 6.01. The minimum absolute atomic E-state index is 0.387. The lowest BCUT2D eigenvalue weighted by Gasteiger charge is -2.38. The predicted octanol–water partition coefficient (Wildman–Crippen LogP) is 4.24. The van der Waals surface area contributed by atoms with Crippen LogP contribution in [-0.4, -0.2) is 12.1 Å². The monoisotopic (exact) mass is 251 g/mol. The molecule has 1 fully saturated rings. The first-order chi connectivity index (χ1) is 8.23. The predicted molar refractivity (Wildman–Crippen MR) is 76.7 cm³/mol. The molecule has 0 bridgehead atoms. The van der Waals surface area contributed by atoms with Gasteiger partial charge in [0.2, 0.25) is 0 Å². The molecule has 2 heteroatoms. The van der Waals surface area contributed by atoms with E-state index < -0.39 is 0 Å². The molecule has 1 aliphatic heterocycles. The molecule has 1 saturated heterocycles. The highest BCUT2D eigenvalue weighted by molar-refractivity contribution is 7.07. The maximum atomic E-state index is 3.86. The Labute approximate surface area is 110 Å². The second-order valence-corrected chi connectivity index (χ2v) is 6.46. The molecule has 1 N–H and O–H groups in total. The van der Waals surface area contributed by atoms with Gasteiger partial charge in [-0.2, -0.15) is 11.3 Å². The summed E-state index contributed by atoms with van der Waals surface area (Å²) in [6.07, 6.45) is 8.03. The van der Waals surface area contributed by atoms with Crippen molar-refractivity contribution in [3.8, 4) is 0 Å². The SMILES string of the molecule is CC(C)C1(CCc2ccsc2)CCCCCN1. The Morgan fingerprint density at radius 1 is 1.35 bits per heavy atom. The molecule has 2 rings (SSSR count). The van der Waals surface area contributed by atoms with E-state index in [4.69, 9.17) is 0 Å². The number of hydrogen-bond acceptors (Lipinski definition) is 2. The Morgan fingerprint density at radius 2 is 2.24 bits per heavy atom. The van der Waals surface area contributed by atoms with Crippen LogP contribution in [0.5, 0.6) is 0 Å². The summed E-state index contributed by atoms with van der Waals surface area (Å²) in [6.45, 7) is 5.97. The summed E-state index contributed by atoms with van der Waals surface area (Å²) in [6, 6.07) is 2.27. The van der Waals surface area contributed by atoms with E-state index in [-0.39, 0.29) is 0 Å². The Hall–Kier alpha value is -0.340. The van der Waals surface area contributed by atoms with E-state index in [0.717, 1.165) is 5.92 Å². The zero-order valence-electron chi connectivity index (χ0n) is 11.2. The molecule has 0 radical (unpaired) electrons. The van der Waals surface area contributed by atoms with Crippen LogP contribution in [0.15, 0.2) is 16.8 Å². The first kappa shape index (κ1) is 13.1. The molecule has 1 aromatic rings. The van der Waals surface area contributed by atoms with Gasteiger partial charge in [0, 0.05) is 5.54 Å². The highest BCUT2D eigenvalue weighted by atomic mass is 32.1. The number of rotatable bonds is 4. The first-order valence-electron chi connectivity index (χ1n) is 6.99. The van der Waals surface area contributed by atoms with Gasteiger partial charge in [-0.25, -0.2) is 0 Å². The van der Waals surface area contributed by atoms with Crippen molar-refractivity contribution in [3.63, 3.8) is 0 Å². The van der Waals surface area contributed by atoms with Crippen LogP contribution in [-0.2, 0) is 6.42 Å². The fourth-order valence-electron chi connectivity index (χ4n) is 2.97. The molecule has 0 aromatic carbocycles. The van der Waals surface area contributed by atoms with Gasteiger partial charge in [0.05, 0.1) is 0 Å². The Bertz CT molecular complexity index is 308. The van der Waals surface area contributed by atoms with E-state index >= 15 is 0 Å². The normalized spacial score (nSPS) is 26.1. The number of aryl methyl sites for hydroxylation is 1. The van der Waals surface area contributed by atoms with Gasteiger partial charge in [-0.3, -0.25) is 0 Å².